The molecule has 1 fully saturated rings. The predicted molar refractivity (Wildman–Crippen MR) is 131 cm³/mol. The molecule has 0 radical (unpaired) electrons. The van der Waals surface area contributed by atoms with Crippen LogP contribution in [0.2, 0.25) is 0 Å². The van der Waals surface area contributed by atoms with Gasteiger partial charge in [0, 0.05) is 19.0 Å². The van der Waals surface area contributed by atoms with E-state index in [1.165, 1.54) is 13.6 Å². The van der Waals surface area contributed by atoms with Crippen LogP contribution < -0.4 is 16.6 Å². The van der Waals surface area contributed by atoms with Crippen molar-refractivity contribution in [1.29, 1.82) is 0 Å². The van der Waals surface area contributed by atoms with E-state index in [-0.39, 0.29) is 41.9 Å². The molecule has 0 atom stereocenters. The van der Waals surface area contributed by atoms with Crippen LogP contribution in [0.15, 0.2) is 52.1 Å². The topological polar surface area (TPSA) is 90.4 Å². The quantitative estimate of drug-likeness (QED) is 0.480. The van der Waals surface area contributed by atoms with Gasteiger partial charge in [0.05, 0.1) is 17.4 Å². The summed E-state index contributed by atoms with van der Waals surface area (Å²) < 4.78 is 4.34. The van der Waals surface area contributed by atoms with Gasteiger partial charge in [0.1, 0.15) is 0 Å². The first-order valence-electron chi connectivity index (χ1n) is 11.9. The first kappa shape index (κ1) is 22.1. The second-order valence-electron chi connectivity index (χ2n) is 9.28. The van der Waals surface area contributed by atoms with E-state index in [0.717, 1.165) is 42.4 Å². The Morgan fingerprint density at radius 2 is 1.85 bits per heavy atom. The van der Waals surface area contributed by atoms with Gasteiger partial charge in [0.15, 0.2) is 0 Å². The summed E-state index contributed by atoms with van der Waals surface area (Å²) in [5.74, 6) is 0.176. The molecule has 1 amide bonds. The Balaban J connectivity index is 1.57. The third-order valence-electron chi connectivity index (χ3n) is 6.79. The van der Waals surface area contributed by atoms with Gasteiger partial charge in [-0.1, -0.05) is 48.7 Å². The Hall–Kier alpha value is -3.68. The Morgan fingerprint density at radius 3 is 2.65 bits per heavy atom. The van der Waals surface area contributed by atoms with E-state index >= 15 is 0 Å². The van der Waals surface area contributed by atoms with Crippen LogP contribution in [0.5, 0.6) is 0 Å². The van der Waals surface area contributed by atoms with Crippen molar-refractivity contribution < 1.29 is 4.79 Å². The van der Waals surface area contributed by atoms with E-state index in [4.69, 9.17) is 0 Å². The SMILES string of the molecule is Cc1ccc(C)c(Cn2nc3n(CCC(=O)NC4CCCC4)c(=O)c4ccccc4n3c2=O)c1. The number of nitrogens with one attached hydrogen (secondary N) is 1. The molecular weight excluding hydrogens is 430 g/mol. The second kappa shape index (κ2) is 8.93. The maximum absolute atomic E-state index is 13.4. The van der Waals surface area contributed by atoms with Crippen molar-refractivity contribution >= 4 is 22.6 Å². The van der Waals surface area contributed by atoms with Crippen LogP contribution in [0.3, 0.4) is 0 Å². The molecule has 0 unspecified atom stereocenters. The maximum atomic E-state index is 13.4. The van der Waals surface area contributed by atoms with Crippen LogP contribution in [-0.4, -0.2) is 30.7 Å². The smallest absolute Gasteiger partial charge is 0.352 e. The lowest BCUT2D eigenvalue weighted by molar-refractivity contribution is -0.121. The lowest BCUT2D eigenvalue weighted by Crippen LogP contribution is -2.34. The van der Waals surface area contributed by atoms with Crippen molar-refractivity contribution in [2.75, 3.05) is 0 Å². The van der Waals surface area contributed by atoms with Gasteiger partial charge in [-0.2, -0.15) is 0 Å². The molecule has 0 bridgehead atoms. The number of hydrogen-bond donors (Lipinski definition) is 1. The molecule has 1 N–H and O–H groups in total. The number of carbonyl (C=O) groups excluding carboxylic acids is 1. The Morgan fingerprint density at radius 1 is 1.09 bits per heavy atom. The second-order valence-corrected chi connectivity index (χ2v) is 9.28. The molecule has 34 heavy (non-hydrogen) atoms. The van der Waals surface area contributed by atoms with Gasteiger partial charge in [-0.25, -0.2) is 13.9 Å². The molecule has 8 nitrogen and oxygen atoms in total. The minimum Gasteiger partial charge on any atom is -0.353 e. The molecule has 1 aliphatic carbocycles. The number of para-hydroxylation sites is 1. The highest BCUT2D eigenvalue weighted by molar-refractivity contribution is 5.80. The van der Waals surface area contributed by atoms with Gasteiger partial charge < -0.3 is 5.32 Å². The number of carbonyl (C=O) groups is 1. The fourth-order valence-corrected chi connectivity index (χ4v) is 4.89. The van der Waals surface area contributed by atoms with E-state index < -0.39 is 0 Å². The van der Waals surface area contributed by atoms with Crippen LogP contribution in [0.4, 0.5) is 0 Å². The zero-order valence-corrected chi connectivity index (χ0v) is 19.6. The molecule has 176 valence electrons. The number of amides is 1. The molecule has 1 aliphatic rings. The normalized spacial score (nSPS) is 14.3. The summed E-state index contributed by atoms with van der Waals surface area (Å²) in [6.45, 7) is 4.48. The highest BCUT2D eigenvalue weighted by atomic mass is 16.2. The highest BCUT2D eigenvalue weighted by Crippen LogP contribution is 2.18. The van der Waals surface area contributed by atoms with Crippen molar-refractivity contribution in [3.8, 4) is 0 Å². The standard InChI is InChI=1S/C26H29N5O3/c1-17-11-12-18(2)19(15-17)16-30-26(34)31-22-10-6-5-9-21(22)24(33)29(25(31)28-30)14-13-23(32)27-20-7-3-4-8-20/h5-6,9-12,15,20H,3-4,7-8,13-14,16H2,1-2H3,(H,27,32). The Bertz CT molecular complexity index is 1500. The molecule has 2 heterocycles. The highest BCUT2D eigenvalue weighted by Gasteiger charge is 2.20. The molecule has 2 aromatic carbocycles. The lowest BCUT2D eigenvalue weighted by atomic mass is 10.1. The first-order chi connectivity index (χ1) is 16.4. The fraction of sp³-hybridized carbons (Fsp3) is 0.385. The monoisotopic (exact) mass is 459 g/mol. The molecule has 0 saturated heterocycles. The summed E-state index contributed by atoms with van der Waals surface area (Å²) in [6.07, 6.45) is 4.43. The minimum atomic E-state index is -0.309. The third kappa shape index (κ3) is 4.04. The van der Waals surface area contributed by atoms with E-state index in [1.54, 1.807) is 24.3 Å². The molecule has 0 spiro atoms. The van der Waals surface area contributed by atoms with Gasteiger partial charge >= 0.3 is 5.69 Å². The number of rotatable bonds is 6. The molecule has 5 rings (SSSR count). The van der Waals surface area contributed by atoms with Crippen molar-refractivity contribution in [3.63, 3.8) is 0 Å². The summed E-state index contributed by atoms with van der Waals surface area (Å²) >= 11 is 0. The first-order valence-corrected chi connectivity index (χ1v) is 11.9. The summed E-state index contributed by atoms with van der Waals surface area (Å²) in [6, 6.07) is 13.4. The van der Waals surface area contributed by atoms with Gasteiger partial charge in [-0.05, 0) is 49.9 Å². The zero-order chi connectivity index (χ0) is 23.8. The molecule has 4 aromatic rings. The third-order valence-corrected chi connectivity index (χ3v) is 6.79. The molecule has 1 saturated carbocycles. The van der Waals surface area contributed by atoms with Crippen LogP contribution in [0.1, 0.15) is 48.8 Å². The number of fused-ring (bicyclic) bond motifs is 3. The van der Waals surface area contributed by atoms with Crippen molar-refractivity contribution in [2.45, 2.75) is 65.1 Å². The number of aromatic nitrogens is 4. The van der Waals surface area contributed by atoms with Crippen LogP contribution >= 0.6 is 0 Å². The zero-order valence-electron chi connectivity index (χ0n) is 19.6. The van der Waals surface area contributed by atoms with Crippen molar-refractivity contribution in [3.05, 3.63) is 80.0 Å². The maximum Gasteiger partial charge on any atom is 0.352 e. The summed E-state index contributed by atoms with van der Waals surface area (Å²) in [5, 5.41) is 8.07. The number of aryl methyl sites for hydroxylation is 3. The van der Waals surface area contributed by atoms with Gasteiger partial charge in [-0.3, -0.25) is 14.2 Å². The van der Waals surface area contributed by atoms with Crippen LogP contribution in [0, 0.1) is 13.8 Å². The molecular formula is C26H29N5O3. The van der Waals surface area contributed by atoms with Crippen molar-refractivity contribution in [2.24, 2.45) is 0 Å². The summed E-state index contributed by atoms with van der Waals surface area (Å²) in [4.78, 5) is 39.3. The van der Waals surface area contributed by atoms with E-state index in [2.05, 4.69) is 10.4 Å². The van der Waals surface area contributed by atoms with Gasteiger partial charge in [0.2, 0.25) is 11.7 Å². The van der Waals surface area contributed by atoms with Gasteiger partial charge in [-0.15, -0.1) is 5.10 Å². The molecule has 0 aliphatic heterocycles. The van der Waals surface area contributed by atoms with Crippen LogP contribution in [-0.2, 0) is 17.9 Å². The van der Waals surface area contributed by atoms with Gasteiger partial charge in [0.25, 0.3) is 5.56 Å². The van der Waals surface area contributed by atoms with Crippen molar-refractivity contribution in [1.82, 2.24) is 24.1 Å². The Kier molecular flexibility index (Phi) is 5.81. The van der Waals surface area contributed by atoms with Crippen LogP contribution in [0.25, 0.3) is 16.7 Å². The molecule has 2 aromatic heterocycles. The number of benzene rings is 2. The lowest BCUT2D eigenvalue weighted by Gasteiger charge is -2.13. The predicted octanol–water partition coefficient (Wildman–Crippen LogP) is 2.92. The average Bonchev–Trinajstić information content (AvgIpc) is 3.44. The largest absolute Gasteiger partial charge is 0.353 e. The van der Waals surface area contributed by atoms with E-state index in [0.29, 0.717) is 17.4 Å². The number of hydrogen-bond acceptors (Lipinski definition) is 4. The number of nitrogens with zero attached hydrogens (tertiary/aromatic N) is 4. The molecule has 8 heteroatoms. The van der Waals surface area contributed by atoms with E-state index in [1.807, 2.05) is 32.0 Å². The minimum absolute atomic E-state index is 0.0812. The average molecular weight is 460 g/mol. The summed E-state index contributed by atoms with van der Waals surface area (Å²) in [5.41, 5.74) is 3.14. The Labute approximate surface area is 196 Å². The summed E-state index contributed by atoms with van der Waals surface area (Å²) in [7, 11) is 0. The fourth-order valence-electron chi connectivity index (χ4n) is 4.89. The van der Waals surface area contributed by atoms with E-state index in [9.17, 15) is 14.4 Å².